The molecule has 3 aromatic rings. The molecular weight excluding hydrogens is 384 g/mol. The lowest BCUT2D eigenvalue weighted by Gasteiger charge is -2.33. The molecule has 0 unspecified atom stereocenters. The number of ether oxygens (including phenoxy) is 1. The van der Waals surface area contributed by atoms with Crippen LogP contribution in [0.1, 0.15) is 30.0 Å². The number of amides is 1. The fourth-order valence-corrected chi connectivity index (χ4v) is 4.65. The summed E-state index contributed by atoms with van der Waals surface area (Å²) in [5.74, 6) is 1.17. The molecule has 0 aliphatic heterocycles. The number of carbonyl (C=O) groups is 1. The highest BCUT2D eigenvalue weighted by atomic mass is 32.2. The molecule has 150 valence electrons. The maximum Gasteiger partial charge on any atom is 0.233 e. The van der Waals surface area contributed by atoms with Crippen LogP contribution >= 0.6 is 11.8 Å². The molecule has 0 radical (unpaired) electrons. The maximum absolute atomic E-state index is 12.9. The van der Waals surface area contributed by atoms with E-state index in [1.54, 1.807) is 13.4 Å². The zero-order valence-electron chi connectivity index (χ0n) is 16.6. The molecule has 6 nitrogen and oxygen atoms in total. The molecule has 29 heavy (non-hydrogen) atoms. The number of hydrogen-bond acceptors (Lipinski definition) is 5. The Hall–Kier alpha value is -2.80. The predicted octanol–water partition coefficient (Wildman–Crippen LogP) is 3.90. The van der Waals surface area contributed by atoms with E-state index in [0.717, 1.165) is 30.7 Å². The fourth-order valence-electron chi connectivity index (χ4n) is 3.79. The van der Waals surface area contributed by atoms with E-state index >= 15 is 0 Å². The summed E-state index contributed by atoms with van der Waals surface area (Å²) in [5.41, 5.74) is 3.53. The van der Waals surface area contributed by atoms with Crippen LogP contribution in [0.2, 0.25) is 0 Å². The SMILES string of the molecule is COc1cccc(-n2cnnc2SCC(=O)N(C)[C@@H]2CCCc3ccccc32)c1. The zero-order chi connectivity index (χ0) is 20.2. The molecule has 1 heterocycles. The van der Waals surface area contributed by atoms with E-state index in [0.29, 0.717) is 10.9 Å². The zero-order valence-corrected chi connectivity index (χ0v) is 17.4. The smallest absolute Gasteiger partial charge is 0.233 e. The summed E-state index contributed by atoms with van der Waals surface area (Å²) < 4.78 is 7.17. The van der Waals surface area contributed by atoms with Gasteiger partial charge in [-0.2, -0.15) is 0 Å². The Morgan fingerprint density at radius 1 is 1.28 bits per heavy atom. The Balaban J connectivity index is 1.45. The Bertz CT molecular complexity index is 1000. The second-order valence-corrected chi connectivity index (χ2v) is 8.03. The molecule has 0 fully saturated rings. The van der Waals surface area contributed by atoms with Gasteiger partial charge in [-0.3, -0.25) is 9.36 Å². The quantitative estimate of drug-likeness (QED) is 0.579. The van der Waals surface area contributed by atoms with E-state index in [1.807, 2.05) is 40.8 Å². The Morgan fingerprint density at radius 3 is 3.00 bits per heavy atom. The third-order valence-electron chi connectivity index (χ3n) is 5.37. The average Bonchev–Trinajstić information content (AvgIpc) is 3.25. The van der Waals surface area contributed by atoms with Gasteiger partial charge in [0.15, 0.2) is 5.16 Å². The number of hydrogen-bond donors (Lipinski definition) is 0. The van der Waals surface area contributed by atoms with Gasteiger partial charge >= 0.3 is 0 Å². The van der Waals surface area contributed by atoms with Crippen molar-refractivity contribution in [3.05, 3.63) is 66.0 Å². The second kappa shape index (κ2) is 8.69. The van der Waals surface area contributed by atoms with Gasteiger partial charge in [0.05, 0.1) is 24.6 Å². The number of benzene rings is 2. The highest BCUT2D eigenvalue weighted by Gasteiger charge is 2.26. The van der Waals surface area contributed by atoms with Gasteiger partial charge < -0.3 is 9.64 Å². The topological polar surface area (TPSA) is 60.2 Å². The van der Waals surface area contributed by atoms with Gasteiger partial charge in [0.25, 0.3) is 0 Å². The lowest BCUT2D eigenvalue weighted by atomic mass is 9.87. The average molecular weight is 409 g/mol. The number of fused-ring (bicyclic) bond motifs is 1. The van der Waals surface area contributed by atoms with Crippen LogP contribution in [-0.4, -0.2) is 45.5 Å². The molecule has 0 saturated carbocycles. The number of nitrogens with zero attached hydrogens (tertiary/aromatic N) is 4. The third kappa shape index (κ3) is 4.15. The minimum absolute atomic E-state index is 0.0943. The molecule has 7 heteroatoms. The molecule has 4 rings (SSSR count). The van der Waals surface area contributed by atoms with Crippen molar-refractivity contribution in [1.82, 2.24) is 19.7 Å². The summed E-state index contributed by atoms with van der Waals surface area (Å²) in [5, 5.41) is 8.90. The summed E-state index contributed by atoms with van der Waals surface area (Å²) >= 11 is 1.40. The van der Waals surface area contributed by atoms with Gasteiger partial charge in [0.2, 0.25) is 5.91 Å². The van der Waals surface area contributed by atoms with Crippen molar-refractivity contribution in [3.63, 3.8) is 0 Å². The number of aryl methyl sites for hydroxylation is 1. The molecule has 1 aliphatic rings. The van der Waals surface area contributed by atoms with Gasteiger partial charge in [-0.25, -0.2) is 0 Å². The Morgan fingerprint density at radius 2 is 2.14 bits per heavy atom. The minimum atomic E-state index is 0.0943. The lowest BCUT2D eigenvalue weighted by molar-refractivity contribution is -0.129. The second-order valence-electron chi connectivity index (χ2n) is 7.09. The predicted molar refractivity (Wildman–Crippen MR) is 114 cm³/mol. The standard InChI is InChI=1S/C22H24N4O2S/c1-25(20-12-5-8-16-7-3-4-11-19(16)20)21(27)14-29-22-24-23-15-26(22)17-9-6-10-18(13-17)28-2/h3-4,6-7,9-11,13,15,20H,5,8,12,14H2,1-2H3/t20-/m1/s1. The van der Waals surface area contributed by atoms with Crippen LogP contribution in [-0.2, 0) is 11.2 Å². The Kier molecular flexibility index (Phi) is 5.85. The first-order valence-corrected chi connectivity index (χ1v) is 10.7. The van der Waals surface area contributed by atoms with Crippen molar-refractivity contribution in [2.45, 2.75) is 30.5 Å². The summed E-state index contributed by atoms with van der Waals surface area (Å²) in [6.45, 7) is 0. The van der Waals surface area contributed by atoms with E-state index in [4.69, 9.17) is 4.74 Å². The number of thioether (sulfide) groups is 1. The van der Waals surface area contributed by atoms with Gasteiger partial charge in [-0.1, -0.05) is 42.1 Å². The van der Waals surface area contributed by atoms with Crippen molar-refractivity contribution in [1.29, 1.82) is 0 Å². The van der Waals surface area contributed by atoms with Crippen molar-refractivity contribution in [2.24, 2.45) is 0 Å². The first-order valence-electron chi connectivity index (χ1n) is 9.68. The highest BCUT2D eigenvalue weighted by molar-refractivity contribution is 7.99. The highest BCUT2D eigenvalue weighted by Crippen LogP contribution is 2.34. The van der Waals surface area contributed by atoms with Crippen molar-refractivity contribution < 1.29 is 9.53 Å². The van der Waals surface area contributed by atoms with Crippen LogP contribution in [0.5, 0.6) is 5.75 Å². The first kappa shape index (κ1) is 19.5. The molecule has 1 aliphatic carbocycles. The molecule has 0 N–H and O–H groups in total. The van der Waals surface area contributed by atoms with Crippen LogP contribution in [0.15, 0.2) is 60.0 Å². The monoisotopic (exact) mass is 408 g/mol. The lowest BCUT2D eigenvalue weighted by Crippen LogP contribution is -2.34. The number of carbonyl (C=O) groups excluding carboxylic acids is 1. The van der Waals surface area contributed by atoms with Gasteiger partial charge in [-0.15, -0.1) is 10.2 Å². The van der Waals surface area contributed by atoms with E-state index in [9.17, 15) is 4.79 Å². The van der Waals surface area contributed by atoms with Crippen LogP contribution in [0.3, 0.4) is 0 Å². The van der Waals surface area contributed by atoms with Crippen LogP contribution < -0.4 is 4.74 Å². The van der Waals surface area contributed by atoms with Gasteiger partial charge in [0, 0.05) is 13.1 Å². The summed E-state index contributed by atoms with van der Waals surface area (Å²) in [6, 6.07) is 16.3. The molecule has 1 aromatic heterocycles. The maximum atomic E-state index is 12.9. The van der Waals surface area contributed by atoms with Crippen molar-refractivity contribution in [2.75, 3.05) is 19.9 Å². The molecule has 1 atom stereocenters. The van der Waals surface area contributed by atoms with Crippen LogP contribution in [0.25, 0.3) is 5.69 Å². The molecule has 0 spiro atoms. The molecular formula is C22H24N4O2S. The largest absolute Gasteiger partial charge is 0.497 e. The molecule has 0 bridgehead atoms. The fraction of sp³-hybridized carbons (Fsp3) is 0.318. The van der Waals surface area contributed by atoms with Gasteiger partial charge in [-0.05, 0) is 42.5 Å². The molecule has 0 saturated heterocycles. The van der Waals surface area contributed by atoms with Gasteiger partial charge in [0.1, 0.15) is 12.1 Å². The number of rotatable bonds is 6. The van der Waals surface area contributed by atoms with E-state index in [-0.39, 0.29) is 11.9 Å². The first-order chi connectivity index (χ1) is 14.2. The molecule has 1 amide bonds. The summed E-state index contributed by atoms with van der Waals surface area (Å²) in [4.78, 5) is 14.8. The molecule has 2 aromatic carbocycles. The van der Waals surface area contributed by atoms with E-state index in [2.05, 4.69) is 34.5 Å². The van der Waals surface area contributed by atoms with Crippen molar-refractivity contribution in [3.8, 4) is 11.4 Å². The normalized spacial score (nSPS) is 15.6. The Labute approximate surface area is 174 Å². The number of aromatic nitrogens is 3. The number of methoxy groups -OCH3 is 1. The third-order valence-corrected chi connectivity index (χ3v) is 6.30. The summed E-state index contributed by atoms with van der Waals surface area (Å²) in [7, 11) is 3.54. The summed E-state index contributed by atoms with van der Waals surface area (Å²) in [6.07, 6.45) is 4.86. The van der Waals surface area contributed by atoms with E-state index < -0.39 is 0 Å². The van der Waals surface area contributed by atoms with E-state index in [1.165, 1.54) is 22.9 Å². The van der Waals surface area contributed by atoms with Crippen LogP contribution in [0.4, 0.5) is 0 Å². The van der Waals surface area contributed by atoms with Crippen molar-refractivity contribution >= 4 is 17.7 Å². The minimum Gasteiger partial charge on any atom is -0.497 e. The van der Waals surface area contributed by atoms with Crippen LogP contribution in [0, 0.1) is 0 Å².